The molecule has 0 saturated carbocycles. The molecule has 0 unspecified atom stereocenters. The van der Waals surface area contributed by atoms with E-state index in [4.69, 9.17) is 14.6 Å². The van der Waals surface area contributed by atoms with Crippen molar-refractivity contribution in [2.45, 2.75) is 6.42 Å². The highest BCUT2D eigenvalue weighted by Gasteiger charge is 1.98. The Hall–Kier alpha value is -0.650. The average molecular weight is 191 g/mol. The van der Waals surface area contributed by atoms with Gasteiger partial charge in [-0.1, -0.05) is 0 Å². The highest BCUT2D eigenvalue weighted by molar-refractivity contribution is 5.75. The molecule has 0 radical (unpaired) electrons. The minimum absolute atomic E-state index is 0.0115. The van der Waals surface area contributed by atoms with Gasteiger partial charge in [0.1, 0.15) is 0 Å². The van der Waals surface area contributed by atoms with Crippen LogP contribution in [0.3, 0.4) is 0 Å². The first-order valence-electron chi connectivity index (χ1n) is 4.25. The first-order chi connectivity index (χ1) is 6.31. The van der Waals surface area contributed by atoms with E-state index in [2.05, 4.69) is 5.32 Å². The molecule has 0 heterocycles. The molecule has 0 aromatic carbocycles. The van der Waals surface area contributed by atoms with Gasteiger partial charge in [-0.05, 0) is 0 Å². The highest BCUT2D eigenvalue weighted by Crippen LogP contribution is 1.80. The predicted molar refractivity (Wildman–Crippen MR) is 47.4 cm³/mol. The summed E-state index contributed by atoms with van der Waals surface area (Å²) in [4.78, 5) is 10.9. The first-order valence-corrected chi connectivity index (χ1v) is 4.25. The van der Waals surface area contributed by atoms with Gasteiger partial charge in [0.2, 0.25) is 5.91 Å². The van der Waals surface area contributed by atoms with E-state index in [-0.39, 0.29) is 12.5 Å². The third kappa shape index (κ3) is 9.26. The second-order valence-corrected chi connectivity index (χ2v) is 2.43. The molecular formula is C8H17NO4. The lowest BCUT2D eigenvalue weighted by Crippen LogP contribution is -2.28. The summed E-state index contributed by atoms with van der Waals surface area (Å²) in [5.41, 5.74) is 0. The Morgan fingerprint density at radius 2 is 2.15 bits per heavy atom. The molecule has 0 bridgehead atoms. The van der Waals surface area contributed by atoms with Crippen LogP contribution in [-0.2, 0) is 14.3 Å². The molecule has 0 atom stereocenters. The van der Waals surface area contributed by atoms with Crippen molar-refractivity contribution in [1.82, 2.24) is 5.32 Å². The number of aliphatic hydroxyl groups excluding tert-OH is 1. The Morgan fingerprint density at radius 1 is 1.38 bits per heavy atom. The van der Waals surface area contributed by atoms with Crippen molar-refractivity contribution in [3.8, 4) is 0 Å². The second kappa shape index (κ2) is 9.44. The predicted octanol–water partition coefficient (Wildman–Crippen LogP) is -0.852. The second-order valence-electron chi connectivity index (χ2n) is 2.43. The fourth-order valence-electron chi connectivity index (χ4n) is 0.712. The Bertz CT molecular complexity index is 129. The SMILES string of the molecule is COCCC(=O)NCCOCCO. The molecule has 13 heavy (non-hydrogen) atoms. The molecule has 0 aromatic rings. The van der Waals surface area contributed by atoms with Gasteiger partial charge in [0, 0.05) is 20.1 Å². The van der Waals surface area contributed by atoms with Crippen molar-refractivity contribution in [3.63, 3.8) is 0 Å². The van der Waals surface area contributed by atoms with E-state index in [0.717, 1.165) is 0 Å². The van der Waals surface area contributed by atoms with Crippen LogP contribution in [0.2, 0.25) is 0 Å². The fraction of sp³-hybridized carbons (Fsp3) is 0.875. The molecule has 0 saturated heterocycles. The Morgan fingerprint density at radius 3 is 2.77 bits per heavy atom. The molecule has 0 spiro atoms. The molecule has 5 heteroatoms. The summed E-state index contributed by atoms with van der Waals surface area (Å²) in [7, 11) is 1.55. The molecular weight excluding hydrogens is 174 g/mol. The zero-order valence-electron chi connectivity index (χ0n) is 7.91. The molecule has 78 valence electrons. The number of hydrogen-bond donors (Lipinski definition) is 2. The number of nitrogens with one attached hydrogen (secondary N) is 1. The smallest absolute Gasteiger partial charge is 0.222 e. The lowest BCUT2D eigenvalue weighted by atomic mass is 10.4. The summed E-state index contributed by atoms with van der Waals surface area (Å²) in [6, 6.07) is 0. The van der Waals surface area contributed by atoms with Gasteiger partial charge in [-0.3, -0.25) is 4.79 Å². The van der Waals surface area contributed by atoms with Gasteiger partial charge in [-0.25, -0.2) is 0 Å². The molecule has 2 N–H and O–H groups in total. The van der Waals surface area contributed by atoms with Crippen LogP contribution in [0.15, 0.2) is 0 Å². The van der Waals surface area contributed by atoms with E-state index >= 15 is 0 Å². The Labute approximate surface area is 78.0 Å². The van der Waals surface area contributed by atoms with Gasteiger partial charge in [0.25, 0.3) is 0 Å². The summed E-state index contributed by atoms with van der Waals surface area (Å²) in [6.45, 7) is 1.66. The standard InChI is InChI=1S/C8H17NO4/c1-12-5-2-8(11)9-3-6-13-7-4-10/h10H,2-7H2,1H3,(H,9,11). The van der Waals surface area contributed by atoms with Gasteiger partial charge in [0.05, 0.1) is 26.4 Å². The summed E-state index contributed by atoms with van der Waals surface area (Å²) < 4.78 is 9.67. The van der Waals surface area contributed by atoms with E-state index in [9.17, 15) is 4.79 Å². The fourth-order valence-corrected chi connectivity index (χ4v) is 0.712. The van der Waals surface area contributed by atoms with Crippen molar-refractivity contribution in [2.75, 3.05) is 40.1 Å². The Kier molecular flexibility index (Phi) is 8.97. The maximum absolute atomic E-state index is 10.9. The van der Waals surface area contributed by atoms with E-state index in [1.165, 1.54) is 0 Å². The summed E-state index contributed by atoms with van der Waals surface area (Å²) in [5.74, 6) is -0.0468. The number of ether oxygens (including phenoxy) is 2. The molecule has 0 aliphatic heterocycles. The van der Waals surface area contributed by atoms with E-state index in [0.29, 0.717) is 32.8 Å². The molecule has 1 amide bonds. The number of rotatable bonds is 8. The number of hydrogen-bond acceptors (Lipinski definition) is 4. The minimum Gasteiger partial charge on any atom is -0.394 e. The largest absolute Gasteiger partial charge is 0.394 e. The molecule has 0 aliphatic carbocycles. The molecule has 0 aliphatic rings. The van der Waals surface area contributed by atoms with Crippen molar-refractivity contribution in [1.29, 1.82) is 0 Å². The molecule has 0 fully saturated rings. The van der Waals surface area contributed by atoms with Crippen LogP contribution >= 0.6 is 0 Å². The quantitative estimate of drug-likeness (QED) is 0.490. The third-order valence-corrected chi connectivity index (χ3v) is 1.34. The number of carbonyl (C=O) groups is 1. The van der Waals surface area contributed by atoms with E-state index < -0.39 is 0 Å². The maximum atomic E-state index is 10.9. The topological polar surface area (TPSA) is 67.8 Å². The Balaban J connectivity index is 3.08. The van der Waals surface area contributed by atoms with Crippen molar-refractivity contribution in [2.24, 2.45) is 0 Å². The number of carbonyl (C=O) groups excluding carboxylic acids is 1. The first kappa shape index (κ1) is 12.3. The van der Waals surface area contributed by atoms with Crippen LogP contribution in [0.5, 0.6) is 0 Å². The van der Waals surface area contributed by atoms with E-state index in [1.807, 2.05) is 0 Å². The zero-order valence-corrected chi connectivity index (χ0v) is 7.91. The van der Waals surface area contributed by atoms with E-state index in [1.54, 1.807) is 7.11 Å². The minimum atomic E-state index is -0.0468. The van der Waals surface area contributed by atoms with Gasteiger partial charge < -0.3 is 19.9 Å². The van der Waals surface area contributed by atoms with Gasteiger partial charge in [-0.15, -0.1) is 0 Å². The molecule has 0 aromatic heterocycles. The lowest BCUT2D eigenvalue weighted by Gasteiger charge is -2.04. The van der Waals surface area contributed by atoms with Crippen LogP contribution < -0.4 is 5.32 Å². The average Bonchev–Trinajstić information content (AvgIpc) is 2.14. The number of aliphatic hydroxyl groups is 1. The van der Waals surface area contributed by atoms with Crippen molar-refractivity contribution < 1.29 is 19.4 Å². The van der Waals surface area contributed by atoms with Crippen LogP contribution in [0, 0.1) is 0 Å². The van der Waals surface area contributed by atoms with Crippen LogP contribution in [0.25, 0.3) is 0 Å². The monoisotopic (exact) mass is 191 g/mol. The van der Waals surface area contributed by atoms with Crippen LogP contribution in [0.4, 0.5) is 0 Å². The van der Waals surface area contributed by atoms with Gasteiger partial charge in [0.15, 0.2) is 0 Å². The lowest BCUT2D eigenvalue weighted by molar-refractivity contribution is -0.122. The normalized spacial score (nSPS) is 10.0. The van der Waals surface area contributed by atoms with Crippen molar-refractivity contribution >= 4 is 5.91 Å². The summed E-state index contributed by atoms with van der Waals surface area (Å²) in [5, 5.41) is 11.0. The van der Waals surface area contributed by atoms with Crippen molar-refractivity contribution in [3.05, 3.63) is 0 Å². The molecule has 0 rings (SSSR count). The van der Waals surface area contributed by atoms with Gasteiger partial charge >= 0.3 is 0 Å². The summed E-state index contributed by atoms with van der Waals surface area (Å²) in [6.07, 6.45) is 0.372. The summed E-state index contributed by atoms with van der Waals surface area (Å²) >= 11 is 0. The van der Waals surface area contributed by atoms with Gasteiger partial charge in [-0.2, -0.15) is 0 Å². The maximum Gasteiger partial charge on any atom is 0.222 e. The number of methoxy groups -OCH3 is 1. The third-order valence-electron chi connectivity index (χ3n) is 1.34. The van der Waals surface area contributed by atoms with Crippen LogP contribution in [-0.4, -0.2) is 51.1 Å². The zero-order chi connectivity index (χ0) is 9.94. The van der Waals surface area contributed by atoms with Crippen LogP contribution in [0.1, 0.15) is 6.42 Å². The highest BCUT2D eigenvalue weighted by atomic mass is 16.5. The molecule has 5 nitrogen and oxygen atoms in total. The number of amides is 1.